The second-order valence-electron chi connectivity index (χ2n) is 4.43. The summed E-state index contributed by atoms with van der Waals surface area (Å²) in [5.41, 5.74) is 0. The highest BCUT2D eigenvalue weighted by Crippen LogP contribution is 2.15. The van der Waals surface area contributed by atoms with Crippen LogP contribution in [0.2, 0.25) is 0 Å². The maximum atomic E-state index is 11.2. The maximum Gasteiger partial charge on any atom is 0.306 e. The molecule has 0 N–H and O–H groups in total. The van der Waals surface area contributed by atoms with Crippen LogP contribution in [0.1, 0.15) is 26.2 Å². The van der Waals surface area contributed by atoms with Gasteiger partial charge in [-0.15, -0.1) is 6.58 Å². The summed E-state index contributed by atoms with van der Waals surface area (Å²) < 4.78 is 10.3. The van der Waals surface area contributed by atoms with Gasteiger partial charge in [-0.25, -0.2) is 0 Å². The summed E-state index contributed by atoms with van der Waals surface area (Å²) >= 11 is 0. The monoisotopic (exact) mass is 241 g/mol. The van der Waals surface area contributed by atoms with Crippen LogP contribution >= 0.6 is 0 Å². The van der Waals surface area contributed by atoms with Crippen LogP contribution in [-0.4, -0.2) is 49.8 Å². The lowest BCUT2D eigenvalue weighted by molar-refractivity contribution is -0.141. The number of esters is 1. The third kappa shape index (κ3) is 4.88. The van der Waals surface area contributed by atoms with Crippen molar-refractivity contribution in [3.63, 3.8) is 0 Å². The predicted molar refractivity (Wildman–Crippen MR) is 66.8 cm³/mol. The number of methoxy groups -OCH3 is 1. The Morgan fingerprint density at radius 2 is 2.47 bits per heavy atom. The number of carbonyl (C=O) groups is 1. The molecule has 0 saturated carbocycles. The maximum absolute atomic E-state index is 11.2. The van der Waals surface area contributed by atoms with Gasteiger partial charge in [-0.1, -0.05) is 6.08 Å². The molecular formula is C13H23NO3. The standard InChI is InChI=1S/C13H23NO3/c1-4-11(2)14(8-7-13(15)16-3)10-12-6-5-9-17-12/h4,11-12H,1,5-10H2,2-3H3. The topological polar surface area (TPSA) is 38.8 Å². The number of hydrogen-bond acceptors (Lipinski definition) is 4. The molecule has 0 amide bonds. The van der Waals surface area contributed by atoms with E-state index in [2.05, 4.69) is 23.1 Å². The van der Waals surface area contributed by atoms with Crippen LogP contribution in [0.25, 0.3) is 0 Å². The summed E-state index contributed by atoms with van der Waals surface area (Å²) in [7, 11) is 1.42. The van der Waals surface area contributed by atoms with Crippen molar-refractivity contribution in [3.8, 4) is 0 Å². The van der Waals surface area contributed by atoms with E-state index in [4.69, 9.17) is 4.74 Å². The molecule has 0 radical (unpaired) electrons. The van der Waals surface area contributed by atoms with Crippen molar-refractivity contribution in [2.75, 3.05) is 26.8 Å². The summed E-state index contributed by atoms with van der Waals surface area (Å²) in [4.78, 5) is 13.4. The van der Waals surface area contributed by atoms with Gasteiger partial charge >= 0.3 is 5.97 Å². The number of rotatable bonds is 7. The molecule has 0 aromatic rings. The van der Waals surface area contributed by atoms with E-state index in [1.165, 1.54) is 7.11 Å². The highest BCUT2D eigenvalue weighted by Gasteiger charge is 2.21. The lowest BCUT2D eigenvalue weighted by Gasteiger charge is -2.28. The molecule has 1 saturated heterocycles. The van der Waals surface area contributed by atoms with E-state index in [1.807, 2.05) is 6.08 Å². The van der Waals surface area contributed by atoms with Crippen LogP contribution in [0.5, 0.6) is 0 Å². The first kappa shape index (κ1) is 14.2. The van der Waals surface area contributed by atoms with Gasteiger partial charge in [0.2, 0.25) is 0 Å². The van der Waals surface area contributed by atoms with Crippen molar-refractivity contribution in [2.24, 2.45) is 0 Å². The van der Waals surface area contributed by atoms with Gasteiger partial charge in [0.1, 0.15) is 0 Å². The first-order chi connectivity index (χ1) is 8.17. The normalized spacial score (nSPS) is 21.5. The molecule has 1 heterocycles. The Hall–Kier alpha value is -0.870. The number of carbonyl (C=O) groups excluding carboxylic acids is 1. The fourth-order valence-corrected chi connectivity index (χ4v) is 2.00. The highest BCUT2D eigenvalue weighted by molar-refractivity contribution is 5.69. The van der Waals surface area contributed by atoms with Crippen molar-refractivity contribution in [1.82, 2.24) is 4.90 Å². The summed E-state index contributed by atoms with van der Waals surface area (Å²) in [6.45, 7) is 8.31. The van der Waals surface area contributed by atoms with Crippen LogP contribution < -0.4 is 0 Å². The first-order valence-corrected chi connectivity index (χ1v) is 6.22. The van der Waals surface area contributed by atoms with Crippen molar-refractivity contribution in [2.45, 2.75) is 38.3 Å². The largest absolute Gasteiger partial charge is 0.469 e. The number of ether oxygens (including phenoxy) is 2. The summed E-state index contributed by atoms with van der Waals surface area (Å²) in [5.74, 6) is -0.168. The SMILES string of the molecule is C=CC(C)N(CCC(=O)OC)CC1CCCO1. The van der Waals surface area contributed by atoms with Crippen LogP contribution in [0.15, 0.2) is 12.7 Å². The molecule has 4 heteroatoms. The number of hydrogen-bond donors (Lipinski definition) is 0. The Morgan fingerprint density at radius 3 is 3.00 bits per heavy atom. The Bertz CT molecular complexity index is 249. The third-order valence-electron chi connectivity index (χ3n) is 3.21. The predicted octanol–water partition coefficient (Wildman–Crippen LogP) is 1.60. The van der Waals surface area contributed by atoms with Gasteiger partial charge in [0.05, 0.1) is 19.6 Å². The minimum absolute atomic E-state index is 0.168. The van der Waals surface area contributed by atoms with E-state index in [-0.39, 0.29) is 12.0 Å². The zero-order valence-corrected chi connectivity index (χ0v) is 10.9. The zero-order chi connectivity index (χ0) is 12.7. The van der Waals surface area contributed by atoms with Gasteiger partial charge < -0.3 is 9.47 Å². The minimum atomic E-state index is -0.168. The van der Waals surface area contributed by atoms with Crippen molar-refractivity contribution in [1.29, 1.82) is 0 Å². The molecule has 1 fully saturated rings. The molecule has 98 valence electrons. The smallest absolute Gasteiger partial charge is 0.306 e. The average Bonchev–Trinajstić information content (AvgIpc) is 2.85. The number of nitrogens with zero attached hydrogens (tertiary/aromatic N) is 1. The van der Waals surface area contributed by atoms with E-state index in [0.717, 1.165) is 26.0 Å². The van der Waals surface area contributed by atoms with Crippen LogP contribution in [0.3, 0.4) is 0 Å². The Kier molecular flexibility index (Phi) is 6.22. The molecule has 1 rings (SSSR count). The quantitative estimate of drug-likeness (QED) is 0.501. The summed E-state index contributed by atoms with van der Waals surface area (Å²) in [6, 6.07) is 0.254. The molecule has 4 nitrogen and oxygen atoms in total. The van der Waals surface area contributed by atoms with E-state index < -0.39 is 0 Å². The van der Waals surface area contributed by atoms with Gasteiger partial charge in [0, 0.05) is 25.7 Å². The molecule has 2 unspecified atom stereocenters. The second-order valence-corrected chi connectivity index (χ2v) is 4.43. The summed E-state index contributed by atoms with van der Waals surface area (Å²) in [6.07, 6.45) is 4.86. The van der Waals surface area contributed by atoms with Crippen molar-refractivity contribution < 1.29 is 14.3 Å². The van der Waals surface area contributed by atoms with Gasteiger partial charge in [0.25, 0.3) is 0 Å². The second kappa shape index (κ2) is 7.45. The molecule has 0 spiro atoms. The van der Waals surface area contributed by atoms with Crippen molar-refractivity contribution in [3.05, 3.63) is 12.7 Å². The van der Waals surface area contributed by atoms with Gasteiger partial charge in [-0.3, -0.25) is 9.69 Å². The Labute approximate surface area is 104 Å². The van der Waals surface area contributed by atoms with Crippen molar-refractivity contribution >= 4 is 5.97 Å². The van der Waals surface area contributed by atoms with E-state index in [9.17, 15) is 4.79 Å². The third-order valence-corrected chi connectivity index (χ3v) is 3.21. The van der Waals surface area contributed by atoms with E-state index in [0.29, 0.717) is 19.1 Å². The lowest BCUT2D eigenvalue weighted by atomic mass is 10.2. The molecule has 2 atom stereocenters. The minimum Gasteiger partial charge on any atom is -0.469 e. The first-order valence-electron chi connectivity index (χ1n) is 6.22. The van der Waals surface area contributed by atoms with E-state index in [1.54, 1.807) is 0 Å². The van der Waals surface area contributed by atoms with E-state index >= 15 is 0 Å². The fraction of sp³-hybridized carbons (Fsp3) is 0.769. The molecule has 1 aliphatic rings. The molecule has 1 aliphatic heterocycles. The molecule has 17 heavy (non-hydrogen) atoms. The average molecular weight is 241 g/mol. The highest BCUT2D eigenvalue weighted by atomic mass is 16.5. The molecular weight excluding hydrogens is 218 g/mol. The van der Waals surface area contributed by atoms with Crippen LogP contribution in [0, 0.1) is 0 Å². The van der Waals surface area contributed by atoms with Crippen LogP contribution in [0.4, 0.5) is 0 Å². The van der Waals surface area contributed by atoms with Crippen LogP contribution in [-0.2, 0) is 14.3 Å². The zero-order valence-electron chi connectivity index (χ0n) is 10.9. The van der Waals surface area contributed by atoms with Gasteiger partial charge in [-0.05, 0) is 19.8 Å². The molecule has 0 aromatic carbocycles. The Balaban J connectivity index is 2.41. The fourth-order valence-electron chi connectivity index (χ4n) is 2.00. The van der Waals surface area contributed by atoms with Gasteiger partial charge in [0.15, 0.2) is 0 Å². The molecule has 0 aromatic heterocycles. The molecule has 0 aliphatic carbocycles. The summed E-state index contributed by atoms with van der Waals surface area (Å²) in [5, 5.41) is 0. The Morgan fingerprint density at radius 1 is 1.71 bits per heavy atom. The molecule has 0 bridgehead atoms. The van der Waals surface area contributed by atoms with Gasteiger partial charge in [-0.2, -0.15) is 0 Å². The lowest BCUT2D eigenvalue weighted by Crippen LogP contribution is -2.39.